The van der Waals surface area contributed by atoms with Gasteiger partial charge in [-0.15, -0.1) is 24.0 Å². The zero-order chi connectivity index (χ0) is 22.2. The Morgan fingerprint density at radius 2 is 1.81 bits per heavy atom. The molecule has 7 nitrogen and oxygen atoms in total. The van der Waals surface area contributed by atoms with Crippen LogP contribution in [0.5, 0.6) is 0 Å². The lowest BCUT2D eigenvalue weighted by molar-refractivity contribution is -0.135. The number of piperazine rings is 1. The smallest absolute Gasteiger partial charge is 0.236 e. The van der Waals surface area contributed by atoms with Crippen molar-refractivity contribution in [2.45, 2.75) is 40.5 Å². The van der Waals surface area contributed by atoms with Crippen LogP contribution in [0.3, 0.4) is 0 Å². The van der Waals surface area contributed by atoms with Crippen molar-refractivity contribution in [2.24, 2.45) is 16.8 Å². The molecule has 180 valence electrons. The van der Waals surface area contributed by atoms with Crippen molar-refractivity contribution in [3.63, 3.8) is 0 Å². The standard InChI is InChI=1S/C24H40N6O.HI/c1-5-25-24(26-9-8-22-7-6-21(4)27-15-22)29-12-10-28(11-13-29)18-23(31)30-16-19(2)14-20(3)17-30;/h6-7,15,19-20H,5,8-14,16-18H2,1-4H3,(H,25,26);1H. The monoisotopic (exact) mass is 556 g/mol. The van der Waals surface area contributed by atoms with Gasteiger partial charge in [-0.1, -0.05) is 19.9 Å². The molecular weight excluding hydrogens is 515 g/mol. The molecule has 0 radical (unpaired) electrons. The molecule has 1 amide bonds. The van der Waals surface area contributed by atoms with Crippen LogP contribution < -0.4 is 5.32 Å². The van der Waals surface area contributed by atoms with Gasteiger partial charge >= 0.3 is 0 Å². The minimum absolute atomic E-state index is 0. The lowest BCUT2D eigenvalue weighted by Crippen LogP contribution is -2.55. The van der Waals surface area contributed by atoms with Gasteiger partial charge in [0, 0.05) is 64.2 Å². The maximum atomic E-state index is 12.8. The van der Waals surface area contributed by atoms with Crippen molar-refractivity contribution in [3.05, 3.63) is 29.6 Å². The fourth-order valence-electron chi connectivity index (χ4n) is 4.64. The summed E-state index contributed by atoms with van der Waals surface area (Å²) in [6, 6.07) is 4.18. The molecule has 3 heterocycles. The minimum Gasteiger partial charge on any atom is -0.357 e. The van der Waals surface area contributed by atoms with Gasteiger partial charge in [0.15, 0.2) is 5.96 Å². The summed E-state index contributed by atoms with van der Waals surface area (Å²) in [6.45, 7) is 16.2. The van der Waals surface area contributed by atoms with E-state index in [1.54, 1.807) is 0 Å². The minimum atomic E-state index is 0. The van der Waals surface area contributed by atoms with Crippen LogP contribution in [0.4, 0.5) is 0 Å². The summed E-state index contributed by atoms with van der Waals surface area (Å²) in [5.41, 5.74) is 2.26. The number of carbonyl (C=O) groups is 1. The van der Waals surface area contributed by atoms with Gasteiger partial charge in [-0.25, -0.2) is 0 Å². The van der Waals surface area contributed by atoms with Crippen molar-refractivity contribution in [3.8, 4) is 0 Å². The molecule has 1 N–H and O–H groups in total. The van der Waals surface area contributed by atoms with Crippen molar-refractivity contribution < 1.29 is 4.79 Å². The maximum absolute atomic E-state index is 12.8. The summed E-state index contributed by atoms with van der Waals surface area (Å²) in [4.78, 5) is 28.7. The number of aryl methyl sites for hydroxylation is 1. The van der Waals surface area contributed by atoms with Gasteiger partial charge in [-0.05, 0) is 50.2 Å². The van der Waals surface area contributed by atoms with Crippen LogP contribution in [0.1, 0.15) is 38.4 Å². The Bertz CT molecular complexity index is 723. The Labute approximate surface area is 211 Å². The van der Waals surface area contributed by atoms with Crippen LogP contribution in [-0.2, 0) is 11.2 Å². The van der Waals surface area contributed by atoms with E-state index in [0.29, 0.717) is 24.3 Å². The molecule has 2 aliphatic heterocycles. The highest BCUT2D eigenvalue weighted by molar-refractivity contribution is 14.0. The lowest BCUT2D eigenvalue weighted by atomic mass is 9.92. The predicted molar refractivity (Wildman–Crippen MR) is 142 cm³/mol. The normalized spacial score (nSPS) is 22.4. The van der Waals surface area contributed by atoms with E-state index in [9.17, 15) is 4.79 Å². The Kier molecular flexibility index (Phi) is 11.2. The second-order valence-corrected chi connectivity index (χ2v) is 9.30. The van der Waals surface area contributed by atoms with Crippen molar-refractivity contribution >= 4 is 35.8 Å². The second kappa shape index (κ2) is 13.3. The summed E-state index contributed by atoms with van der Waals surface area (Å²) in [5, 5.41) is 3.43. The summed E-state index contributed by atoms with van der Waals surface area (Å²) in [7, 11) is 0. The first kappa shape index (κ1) is 26.8. The highest BCUT2D eigenvalue weighted by atomic mass is 127. The quantitative estimate of drug-likeness (QED) is 0.332. The first-order chi connectivity index (χ1) is 14.9. The van der Waals surface area contributed by atoms with Gasteiger partial charge in [-0.2, -0.15) is 0 Å². The van der Waals surface area contributed by atoms with Gasteiger partial charge in [0.05, 0.1) is 6.54 Å². The van der Waals surface area contributed by atoms with Gasteiger partial charge in [0.25, 0.3) is 0 Å². The zero-order valence-corrected chi connectivity index (χ0v) is 22.5. The summed E-state index contributed by atoms with van der Waals surface area (Å²) < 4.78 is 0. The number of nitrogens with one attached hydrogen (secondary N) is 1. The van der Waals surface area contributed by atoms with E-state index in [2.05, 4.69) is 57.9 Å². The third-order valence-electron chi connectivity index (χ3n) is 6.22. The number of nitrogens with zero attached hydrogens (tertiary/aromatic N) is 5. The van der Waals surface area contributed by atoms with E-state index in [1.807, 2.05) is 13.1 Å². The predicted octanol–water partition coefficient (Wildman–Crippen LogP) is 2.64. The maximum Gasteiger partial charge on any atom is 0.236 e. The molecule has 2 unspecified atom stereocenters. The topological polar surface area (TPSA) is 64.1 Å². The molecule has 1 aromatic heterocycles. The molecule has 0 bridgehead atoms. The van der Waals surface area contributed by atoms with E-state index in [4.69, 9.17) is 4.99 Å². The second-order valence-electron chi connectivity index (χ2n) is 9.30. The molecule has 1 aromatic rings. The average Bonchev–Trinajstić information content (AvgIpc) is 2.74. The number of guanidine groups is 1. The molecule has 32 heavy (non-hydrogen) atoms. The van der Waals surface area contributed by atoms with E-state index < -0.39 is 0 Å². The number of amides is 1. The van der Waals surface area contributed by atoms with Crippen LogP contribution >= 0.6 is 24.0 Å². The highest BCUT2D eigenvalue weighted by Crippen LogP contribution is 2.21. The molecule has 3 rings (SSSR count). The van der Waals surface area contributed by atoms with E-state index in [-0.39, 0.29) is 24.0 Å². The molecular formula is C24H41IN6O. The van der Waals surface area contributed by atoms with E-state index in [0.717, 1.165) is 70.4 Å². The molecule has 2 fully saturated rings. The van der Waals surface area contributed by atoms with Crippen molar-refractivity contribution in [1.82, 2.24) is 25.0 Å². The van der Waals surface area contributed by atoms with E-state index in [1.165, 1.54) is 12.0 Å². The largest absolute Gasteiger partial charge is 0.357 e. The number of hydrogen-bond acceptors (Lipinski definition) is 4. The van der Waals surface area contributed by atoms with Gasteiger partial charge in [-0.3, -0.25) is 19.7 Å². The molecule has 0 spiro atoms. The molecule has 0 aliphatic carbocycles. The Hall–Kier alpha value is -1.42. The lowest BCUT2D eigenvalue weighted by Gasteiger charge is -2.39. The van der Waals surface area contributed by atoms with Crippen molar-refractivity contribution in [1.29, 1.82) is 0 Å². The molecule has 0 saturated carbocycles. The number of aliphatic imine (C=N–C) groups is 1. The molecule has 2 saturated heterocycles. The van der Waals surface area contributed by atoms with Gasteiger partial charge < -0.3 is 15.1 Å². The van der Waals surface area contributed by atoms with Crippen LogP contribution in [0.2, 0.25) is 0 Å². The van der Waals surface area contributed by atoms with E-state index >= 15 is 0 Å². The Morgan fingerprint density at radius 3 is 2.41 bits per heavy atom. The van der Waals surface area contributed by atoms with Crippen LogP contribution in [-0.4, -0.2) is 90.5 Å². The molecule has 2 aliphatic rings. The number of halogens is 1. The van der Waals surface area contributed by atoms with Crippen LogP contribution in [0, 0.1) is 18.8 Å². The number of piperidine rings is 1. The number of carbonyl (C=O) groups excluding carboxylic acids is 1. The Morgan fingerprint density at radius 1 is 1.12 bits per heavy atom. The van der Waals surface area contributed by atoms with Crippen molar-refractivity contribution in [2.75, 3.05) is 58.9 Å². The third kappa shape index (κ3) is 8.17. The van der Waals surface area contributed by atoms with Gasteiger partial charge in [0.2, 0.25) is 5.91 Å². The summed E-state index contributed by atoms with van der Waals surface area (Å²) >= 11 is 0. The fraction of sp³-hybridized carbons (Fsp3) is 0.708. The van der Waals surface area contributed by atoms with Crippen LogP contribution in [0.15, 0.2) is 23.3 Å². The number of pyridine rings is 1. The Balaban J connectivity index is 0.00000363. The summed E-state index contributed by atoms with van der Waals surface area (Å²) in [6.07, 6.45) is 4.07. The zero-order valence-electron chi connectivity index (χ0n) is 20.2. The molecule has 8 heteroatoms. The summed E-state index contributed by atoms with van der Waals surface area (Å²) in [5.74, 6) is 2.49. The number of hydrogen-bond donors (Lipinski definition) is 1. The average molecular weight is 557 g/mol. The number of likely N-dealkylation sites (tertiary alicyclic amines) is 1. The number of rotatable bonds is 6. The molecule has 0 aromatic carbocycles. The highest BCUT2D eigenvalue weighted by Gasteiger charge is 2.28. The van der Waals surface area contributed by atoms with Gasteiger partial charge in [0.1, 0.15) is 0 Å². The SMILES string of the molecule is CCNC(=NCCc1ccc(C)nc1)N1CCN(CC(=O)N2CC(C)CC(C)C2)CC1.I. The first-order valence-electron chi connectivity index (χ1n) is 11.9. The van der Waals surface area contributed by atoms with Crippen LogP contribution in [0.25, 0.3) is 0 Å². The first-order valence-corrected chi connectivity index (χ1v) is 11.9. The number of aromatic nitrogens is 1. The fourth-order valence-corrected chi connectivity index (χ4v) is 4.64. The molecule has 2 atom stereocenters. The third-order valence-corrected chi connectivity index (χ3v) is 6.22.